The van der Waals surface area contributed by atoms with Crippen molar-refractivity contribution in [1.29, 1.82) is 0 Å². The maximum Gasteiger partial charge on any atom is 0.126 e. The smallest absolute Gasteiger partial charge is 0.126 e. The Kier molecular flexibility index (Phi) is 4.78. The van der Waals surface area contributed by atoms with Gasteiger partial charge in [-0.05, 0) is 37.0 Å². The highest BCUT2D eigenvalue weighted by Gasteiger charge is 2.13. The predicted molar refractivity (Wildman–Crippen MR) is 83.7 cm³/mol. The summed E-state index contributed by atoms with van der Waals surface area (Å²) < 4.78 is 15.5. The predicted octanol–water partition coefficient (Wildman–Crippen LogP) is 3.84. The lowest BCUT2D eigenvalue weighted by Crippen LogP contribution is -2.19. The van der Waals surface area contributed by atoms with Gasteiger partial charge in [-0.25, -0.2) is 4.39 Å². The highest BCUT2D eigenvalue weighted by Crippen LogP contribution is 2.20. The minimum atomic E-state index is -0.148. The molecule has 0 saturated carbocycles. The van der Waals surface area contributed by atoms with Crippen molar-refractivity contribution in [3.8, 4) is 0 Å². The molecule has 1 aromatic carbocycles. The van der Waals surface area contributed by atoms with Crippen LogP contribution in [0, 0.1) is 12.7 Å². The molecule has 4 heteroatoms. The molecule has 0 saturated heterocycles. The maximum absolute atomic E-state index is 13.6. The molecule has 0 fully saturated rings. The Morgan fingerprint density at radius 1 is 1.29 bits per heavy atom. The van der Waals surface area contributed by atoms with Gasteiger partial charge < -0.3 is 5.32 Å². The summed E-state index contributed by atoms with van der Waals surface area (Å²) in [6.45, 7) is 8.85. The second kappa shape index (κ2) is 6.39. The fourth-order valence-electron chi connectivity index (χ4n) is 2.44. The first-order valence-electron chi connectivity index (χ1n) is 7.40. The Labute approximate surface area is 126 Å². The number of hydrogen-bond donors (Lipinski definition) is 1. The van der Waals surface area contributed by atoms with Crippen LogP contribution < -0.4 is 5.32 Å². The van der Waals surface area contributed by atoms with Gasteiger partial charge in [-0.3, -0.25) is 4.68 Å². The third-order valence-corrected chi connectivity index (χ3v) is 3.78. The number of rotatable bonds is 5. The molecular weight excluding hydrogens is 265 g/mol. The molecule has 0 bridgehead atoms. The lowest BCUT2D eigenvalue weighted by atomic mass is 10.0. The van der Waals surface area contributed by atoms with Crippen LogP contribution >= 0.6 is 0 Å². The van der Waals surface area contributed by atoms with Gasteiger partial charge in [0.1, 0.15) is 5.82 Å². The SMILES string of the molecule is Cc1ccc(C(C)NCc2cn(C)nc2C(C)C)cc1F. The van der Waals surface area contributed by atoms with E-state index < -0.39 is 0 Å². The molecule has 1 aromatic heterocycles. The van der Waals surface area contributed by atoms with E-state index in [2.05, 4.69) is 31.2 Å². The number of nitrogens with one attached hydrogen (secondary N) is 1. The summed E-state index contributed by atoms with van der Waals surface area (Å²) >= 11 is 0. The molecule has 0 aliphatic heterocycles. The summed E-state index contributed by atoms with van der Waals surface area (Å²) in [5.74, 6) is 0.250. The van der Waals surface area contributed by atoms with Gasteiger partial charge in [0.25, 0.3) is 0 Å². The van der Waals surface area contributed by atoms with Crippen LogP contribution in [0.25, 0.3) is 0 Å². The van der Waals surface area contributed by atoms with Gasteiger partial charge in [0.05, 0.1) is 5.69 Å². The molecule has 3 nitrogen and oxygen atoms in total. The van der Waals surface area contributed by atoms with Gasteiger partial charge in [-0.15, -0.1) is 0 Å². The van der Waals surface area contributed by atoms with Crippen molar-refractivity contribution in [2.45, 2.75) is 46.2 Å². The molecule has 1 heterocycles. The Hall–Kier alpha value is -1.68. The zero-order valence-electron chi connectivity index (χ0n) is 13.4. The molecule has 2 aromatic rings. The van der Waals surface area contributed by atoms with Crippen LogP contribution in [0.4, 0.5) is 4.39 Å². The Bertz CT molecular complexity index is 616. The highest BCUT2D eigenvalue weighted by atomic mass is 19.1. The largest absolute Gasteiger partial charge is 0.306 e. The average molecular weight is 289 g/mol. The molecule has 21 heavy (non-hydrogen) atoms. The Morgan fingerprint density at radius 2 is 2.00 bits per heavy atom. The third kappa shape index (κ3) is 3.70. The van der Waals surface area contributed by atoms with E-state index in [1.54, 1.807) is 13.0 Å². The number of nitrogens with zero attached hydrogens (tertiary/aromatic N) is 2. The number of hydrogen-bond acceptors (Lipinski definition) is 2. The molecule has 1 N–H and O–H groups in total. The van der Waals surface area contributed by atoms with Crippen molar-refractivity contribution < 1.29 is 4.39 Å². The first-order chi connectivity index (χ1) is 9.88. The van der Waals surface area contributed by atoms with E-state index in [-0.39, 0.29) is 11.9 Å². The standard InChI is InChI=1S/C17H24FN3/c1-11(2)17-15(10-21(5)20-17)9-19-13(4)14-7-6-12(3)16(18)8-14/h6-8,10-11,13,19H,9H2,1-5H3. The van der Waals surface area contributed by atoms with Crippen LogP contribution in [0.5, 0.6) is 0 Å². The lowest BCUT2D eigenvalue weighted by Gasteiger charge is -2.15. The normalized spacial score (nSPS) is 12.9. The quantitative estimate of drug-likeness (QED) is 0.906. The van der Waals surface area contributed by atoms with E-state index in [0.717, 1.165) is 17.8 Å². The number of aryl methyl sites for hydroxylation is 2. The van der Waals surface area contributed by atoms with Gasteiger partial charge in [-0.2, -0.15) is 5.10 Å². The molecule has 114 valence electrons. The Balaban J connectivity index is 2.07. The van der Waals surface area contributed by atoms with E-state index in [4.69, 9.17) is 0 Å². The summed E-state index contributed by atoms with van der Waals surface area (Å²) in [5, 5.41) is 7.95. The first kappa shape index (κ1) is 15.7. The molecule has 2 rings (SSSR count). The fourth-order valence-corrected chi connectivity index (χ4v) is 2.44. The summed E-state index contributed by atoms with van der Waals surface area (Å²) in [4.78, 5) is 0. The summed E-state index contributed by atoms with van der Waals surface area (Å²) in [6.07, 6.45) is 2.05. The van der Waals surface area contributed by atoms with Crippen molar-refractivity contribution in [3.63, 3.8) is 0 Å². The molecule has 1 atom stereocenters. The highest BCUT2D eigenvalue weighted by molar-refractivity contribution is 5.26. The second-order valence-corrected chi connectivity index (χ2v) is 5.98. The average Bonchev–Trinajstić information content (AvgIpc) is 2.80. The summed E-state index contributed by atoms with van der Waals surface area (Å²) in [7, 11) is 1.94. The molecular formula is C17H24FN3. The summed E-state index contributed by atoms with van der Waals surface area (Å²) in [6, 6.07) is 5.51. The van der Waals surface area contributed by atoms with Crippen molar-refractivity contribution >= 4 is 0 Å². The van der Waals surface area contributed by atoms with Gasteiger partial charge >= 0.3 is 0 Å². The van der Waals surface area contributed by atoms with Gasteiger partial charge in [0.15, 0.2) is 0 Å². The lowest BCUT2D eigenvalue weighted by molar-refractivity contribution is 0.560. The van der Waals surface area contributed by atoms with Crippen molar-refractivity contribution in [2.75, 3.05) is 0 Å². The minimum Gasteiger partial charge on any atom is -0.306 e. The third-order valence-electron chi connectivity index (χ3n) is 3.78. The molecule has 0 aliphatic carbocycles. The first-order valence-corrected chi connectivity index (χ1v) is 7.40. The van der Waals surface area contributed by atoms with E-state index in [9.17, 15) is 4.39 Å². The molecule has 0 spiro atoms. The second-order valence-electron chi connectivity index (χ2n) is 5.98. The maximum atomic E-state index is 13.6. The van der Waals surface area contributed by atoms with Gasteiger partial charge in [-0.1, -0.05) is 26.0 Å². The van der Waals surface area contributed by atoms with Crippen molar-refractivity contribution in [1.82, 2.24) is 15.1 Å². The van der Waals surface area contributed by atoms with Crippen LogP contribution in [0.15, 0.2) is 24.4 Å². The van der Waals surface area contributed by atoms with E-state index in [1.807, 2.05) is 30.1 Å². The molecule has 0 amide bonds. The van der Waals surface area contributed by atoms with Gasteiger partial charge in [0.2, 0.25) is 0 Å². The van der Waals surface area contributed by atoms with Crippen LogP contribution in [-0.2, 0) is 13.6 Å². The fraction of sp³-hybridized carbons (Fsp3) is 0.471. The van der Waals surface area contributed by atoms with Crippen LogP contribution in [0.2, 0.25) is 0 Å². The monoisotopic (exact) mass is 289 g/mol. The van der Waals surface area contributed by atoms with Crippen molar-refractivity contribution in [2.24, 2.45) is 7.05 Å². The minimum absolute atomic E-state index is 0.0975. The Morgan fingerprint density at radius 3 is 2.62 bits per heavy atom. The number of benzene rings is 1. The number of aromatic nitrogens is 2. The van der Waals surface area contributed by atoms with E-state index in [0.29, 0.717) is 11.5 Å². The molecule has 0 radical (unpaired) electrons. The zero-order valence-corrected chi connectivity index (χ0v) is 13.4. The van der Waals surface area contributed by atoms with Gasteiger partial charge in [0, 0.05) is 31.4 Å². The van der Waals surface area contributed by atoms with Crippen LogP contribution in [0.1, 0.15) is 55.1 Å². The zero-order chi connectivity index (χ0) is 15.6. The van der Waals surface area contributed by atoms with Crippen molar-refractivity contribution in [3.05, 3.63) is 52.6 Å². The van der Waals surface area contributed by atoms with E-state index >= 15 is 0 Å². The number of halogens is 1. The van der Waals surface area contributed by atoms with Crippen LogP contribution in [-0.4, -0.2) is 9.78 Å². The molecule has 0 aliphatic rings. The van der Waals surface area contributed by atoms with Crippen LogP contribution in [0.3, 0.4) is 0 Å². The topological polar surface area (TPSA) is 29.9 Å². The summed E-state index contributed by atoms with van der Waals surface area (Å²) in [5.41, 5.74) is 3.97. The van der Waals surface area contributed by atoms with E-state index in [1.165, 1.54) is 5.56 Å². The molecule has 1 unspecified atom stereocenters.